The van der Waals surface area contributed by atoms with Crippen molar-refractivity contribution in [1.82, 2.24) is 0 Å². The summed E-state index contributed by atoms with van der Waals surface area (Å²) in [7, 11) is 0. The first-order chi connectivity index (χ1) is 8.76. The van der Waals surface area contributed by atoms with Crippen LogP contribution in [0.15, 0.2) is 22.7 Å². The Bertz CT molecular complexity index is 450. The zero-order valence-corrected chi connectivity index (χ0v) is 12.4. The zero-order chi connectivity index (χ0) is 13.0. The largest absolute Gasteiger partial charge is 0.369 e. The molecule has 96 valence electrons. The minimum atomic E-state index is 0.646. The lowest BCUT2D eigenvalue weighted by Crippen LogP contribution is -2.34. The predicted octanol–water partition coefficient (Wildman–Crippen LogP) is 4.48. The molecule has 2 rings (SSSR count). The summed E-state index contributed by atoms with van der Waals surface area (Å²) in [5.41, 5.74) is 1.95. The Hall–Kier alpha value is -1.01. The second kappa shape index (κ2) is 6.24. The molecule has 1 unspecified atom stereocenters. The number of halogens is 1. The van der Waals surface area contributed by atoms with Gasteiger partial charge in [-0.3, -0.25) is 0 Å². The van der Waals surface area contributed by atoms with Crippen LogP contribution in [-0.2, 0) is 0 Å². The van der Waals surface area contributed by atoms with E-state index >= 15 is 0 Å². The van der Waals surface area contributed by atoms with Crippen LogP contribution >= 0.6 is 15.9 Å². The molecule has 0 N–H and O–H groups in total. The lowest BCUT2D eigenvalue weighted by atomic mass is 10.1. The second-order valence-electron chi connectivity index (χ2n) is 4.88. The summed E-state index contributed by atoms with van der Waals surface area (Å²) in [6, 6.07) is 8.93. The van der Waals surface area contributed by atoms with Crippen molar-refractivity contribution in [3.05, 3.63) is 28.2 Å². The molecule has 0 aromatic heterocycles. The van der Waals surface area contributed by atoms with Crippen LogP contribution in [0.1, 0.15) is 44.6 Å². The van der Waals surface area contributed by atoms with E-state index in [1.54, 1.807) is 0 Å². The van der Waals surface area contributed by atoms with Crippen LogP contribution in [0.25, 0.3) is 0 Å². The van der Waals surface area contributed by atoms with Crippen molar-refractivity contribution >= 4 is 21.6 Å². The maximum absolute atomic E-state index is 8.97. The number of rotatable bonds is 2. The first-order valence-electron chi connectivity index (χ1n) is 6.72. The van der Waals surface area contributed by atoms with Gasteiger partial charge in [-0.25, -0.2) is 0 Å². The van der Waals surface area contributed by atoms with Crippen LogP contribution in [0.2, 0.25) is 0 Å². The SMILES string of the molecule is CCC1CCCCCN1c1ccc(C#N)c(Br)c1. The Morgan fingerprint density at radius 3 is 2.89 bits per heavy atom. The maximum Gasteiger partial charge on any atom is 0.100 e. The fourth-order valence-electron chi connectivity index (χ4n) is 2.72. The second-order valence-corrected chi connectivity index (χ2v) is 5.74. The number of nitriles is 1. The van der Waals surface area contributed by atoms with Crippen molar-refractivity contribution in [2.75, 3.05) is 11.4 Å². The number of anilines is 1. The molecular weight excluding hydrogens is 288 g/mol. The molecule has 1 atom stereocenters. The summed E-state index contributed by atoms with van der Waals surface area (Å²) in [4.78, 5) is 2.51. The van der Waals surface area contributed by atoms with Gasteiger partial charge in [-0.15, -0.1) is 0 Å². The Kier molecular flexibility index (Phi) is 4.66. The lowest BCUT2D eigenvalue weighted by molar-refractivity contribution is 0.556. The monoisotopic (exact) mass is 306 g/mol. The average Bonchev–Trinajstić information content (AvgIpc) is 2.63. The fourth-order valence-corrected chi connectivity index (χ4v) is 3.17. The van der Waals surface area contributed by atoms with E-state index < -0.39 is 0 Å². The van der Waals surface area contributed by atoms with Crippen LogP contribution in [-0.4, -0.2) is 12.6 Å². The van der Waals surface area contributed by atoms with Crippen molar-refractivity contribution in [3.8, 4) is 6.07 Å². The predicted molar refractivity (Wildman–Crippen MR) is 78.8 cm³/mol. The van der Waals surface area contributed by atoms with Gasteiger partial charge >= 0.3 is 0 Å². The third-order valence-electron chi connectivity index (χ3n) is 3.75. The summed E-state index contributed by atoms with van der Waals surface area (Å²) in [5, 5.41) is 8.97. The van der Waals surface area contributed by atoms with Crippen LogP contribution in [0.5, 0.6) is 0 Å². The van der Waals surface area contributed by atoms with E-state index in [0.717, 1.165) is 11.0 Å². The Balaban J connectivity index is 2.28. The van der Waals surface area contributed by atoms with Gasteiger partial charge in [-0.05, 0) is 53.4 Å². The molecule has 2 nitrogen and oxygen atoms in total. The van der Waals surface area contributed by atoms with E-state index in [0.29, 0.717) is 11.6 Å². The molecule has 1 saturated heterocycles. The molecule has 1 heterocycles. The van der Waals surface area contributed by atoms with Gasteiger partial charge in [-0.2, -0.15) is 5.26 Å². The third-order valence-corrected chi connectivity index (χ3v) is 4.41. The molecule has 3 heteroatoms. The van der Waals surface area contributed by atoms with Gasteiger partial charge in [0.2, 0.25) is 0 Å². The molecule has 1 aliphatic heterocycles. The minimum absolute atomic E-state index is 0.646. The Morgan fingerprint density at radius 1 is 1.39 bits per heavy atom. The minimum Gasteiger partial charge on any atom is -0.369 e. The summed E-state index contributed by atoms with van der Waals surface area (Å²) in [6.45, 7) is 3.40. The number of hydrogen-bond donors (Lipinski definition) is 0. The molecular formula is C15H19BrN2. The molecule has 0 amide bonds. The van der Waals surface area contributed by atoms with Crippen molar-refractivity contribution in [3.63, 3.8) is 0 Å². The molecule has 1 aliphatic rings. The molecule has 0 bridgehead atoms. The molecule has 0 radical (unpaired) electrons. The highest BCUT2D eigenvalue weighted by Gasteiger charge is 2.20. The van der Waals surface area contributed by atoms with Crippen LogP contribution < -0.4 is 4.90 Å². The standard InChI is InChI=1S/C15H19BrN2/c1-2-13-6-4-3-5-9-18(13)14-8-7-12(11-17)15(16)10-14/h7-8,10,13H,2-6,9H2,1H3. The van der Waals surface area contributed by atoms with Crippen molar-refractivity contribution in [2.24, 2.45) is 0 Å². The van der Waals surface area contributed by atoms with Gasteiger partial charge in [-0.1, -0.05) is 19.8 Å². The zero-order valence-electron chi connectivity index (χ0n) is 10.8. The quantitative estimate of drug-likeness (QED) is 0.805. The summed E-state index contributed by atoms with van der Waals surface area (Å²) in [5.74, 6) is 0. The molecule has 1 aromatic rings. The van der Waals surface area contributed by atoms with Crippen molar-refractivity contribution in [2.45, 2.75) is 45.1 Å². The topological polar surface area (TPSA) is 27.0 Å². The molecule has 0 spiro atoms. The first kappa shape index (κ1) is 13.4. The Labute approximate surface area is 118 Å². The van der Waals surface area contributed by atoms with Crippen LogP contribution in [0.4, 0.5) is 5.69 Å². The molecule has 0 saturated carbocycles. The van der Waals surface area contributed by atoms with Gasteiger partial charge in [0.25, 0.3) is 0 Å². The van der Waals surface area contributed by atoms with Gasteiger partial charge in [0.05, 0.1) is 5.56 Å². The van der Waals surface area contributed by atoms with Gasteiger partial charge in [0.15, 0.2) is 0 Å². The van der Waals surface area contributed by atoms with Crippen LogP contribution in [0, 0.1) is 11.3 Å². The van der Waals surface area contributed by atoms with E-state index in [2.05, 4.69) is 46.0 Å². The summed E-state index contributed by atoms with van der Waals surface area (Å²) < 4.78 is 0.904. The van der Waals surface area contributed by atoms with Crippen molar-refractivity contribution < 1.29 is 0 Å². The van der Waals surface area contributed by atoms with Crippen LogP contribution in [0.3, 0.4) is 0 Å². The van der Waals surface area contributed by atoms with E-state index in [-0.39, 0.29) is 0 Å². The smallest absolute Gasteiger partial charge is 0.100 e. The van der Waals surface area contributed by atoms with E-state index in [1.807, 2.05) is 6.07 Å². The highest BCUT2D eigenvalue weighted by Crippen LogP contribution is 2.29. The summed E-state index contributed by atoms with van der Waals surface area (Å²) in [6.07, 6.45) is 6.43. The van der Waals surface area contributed by atoms with E-state index in [9.17, 15) is 0 Å². The lowest BCUT2D eigenvalue weighted by Gasteiger charge is -2.31. The van der Waals surface area contributed by atoms with Gasteiger partial charge < -0.3 is 4.90 Å². The van der Waals surface area contributed by atoms with E-state index in [1.165, 1.54) is 37.8 Å². The van der Waals surface area contributed by atoms with Crippen molar-refractivity contribution in [1.29, 1.82) is 5.26 Å². The number of nitrogens with zero attached hydrogens (tertiary/aromatic N) is 2. The first-order valence-corrected chi connectivity index (χ1v) is 7.52. The summed E-state index contributed by atoms with van der Waals surface area (Å²) >= 11 is 3.49. The maximum atomic E-state index is 8.97. The highest BCUT2D eigenvalue weighted by molar-refractivity contribution is 9.10. The van der Waals surface area contributed by atoms with Gasteiger partial charge in [0, 0.05) is 22.7 Å². The van der Waals surface area contributed by atoms with Gasteiger partial charge in [0.1, 0.15) is 6.07 Å². The number of hydrogen-bond acceptors (Lipinski definition) is 2. The molecule has 0 aliphatic carbocycles. The fraction of sp³-hybridized carbons (Fsp3) is 0.533. The highest BCUT2D eigenvalue weighted by atomic mass is 79.9. The molecule has 18 heavy (non-hydrogen) atoms. The average molecular weight is 307 g/mol. The van der Waals surface area contributed by atoms with E-state index in [4.69, 9.17) is 5.26 Å². The Morgan fingerprint density at radius 2 is 2.22 bits per heavy atom. The number of benzene rings is 1. The molecule has 1 fully saturated rings. The normalized spacial score (nSPS) is 20.3. The molecule has 1 aromatic carbocycles. The third kappa shape index (κ3) is 2.87.